The molecule has 1 saturated heterocycles. The molecule has 23 heavy (non-hydrogen) atoms. The zero-order chi connectivity index (χ0) is 16.8. The average molecular weight is 335 g/mol. The monoisotopic (exact) mass is 335 g/mol. The van der Waals surface area contributed by atoms with Gasteiger partial charge in [-0.05, 0) is 32.9 Å². The fourth-order valence-corrected chi connectivity index (χ4v) is 4.45. The number of hydrogen-bond acceptors (Lipinski definition) is 4. The van der Waals surface area contributed by atoms with Gasteiger partial charge in [-0.3, -0.25) is 4.79 Å². The molecule has 1 aromatic carbocycles. The van der Waals surface area contributed by atoms with Gasteiger partial charge in [0.25, 0.3) is 0 Å². The maximum atomic E-state index is 12.2. The lowest BCUT2D eigenvalue weighted by Gasteiger charge is -2.26. The van der Waals surface area contributed by atoms with E-state index in [1.54, 1.807) is 0 Å². The summed E-state index contributed by atoms with van der Waals surface area (Å²) in [6.45, 7) is 6.03. The highest BCUT2D eigenvalue weighted by Crippen LogP contribution is 2.26. The van der Waals surface area contributed by atoms with Crippen molar-refractivity contribution in [1.29, 1.82) is 0 Å². The molecular weight excluding hydrogens is 314 g/mol. The Morgan fingerprint density at radius 3 is 2.52 bits per heavy atom. The van der Waals surface area contributed by atoms with Crippen LogP contribution in [0.5, 0.6) is 0 Å². The van der Waals surface area contributed by atoms with Crippen molar-refractivity contribution in [2.75, 3.05) is 11.5 Å². The molecule has 1 aromatic heterocycles. The first-order valence-corrected chi connectivity index (χ1v) is 9.58. The summed E-state index contributed by atoms with van der Waals surface area (Å²) in [5.74, 6) is 0.0453. The zero-order valence-corrected chi connectivity index (χ0v) is 14.3. The standard InChI is InChI=1S/C16H21N3O3S/c1-10(2)19-14-7-5-4-6-13(14)18-15(19)11(3)17-16(20)12-8-23(21,22)9-12/h4-7,10-12H,8-9H2,1-3H3,(H,17,20)/t11-/m0/s1. The summed E-state index contributed by atoms with van der Waals surface area (Å²) in [5.41, 5.74) is 1.92. The number of para-hydroxylation sites is 2. The molecule has 0 spiro atoms. The Hall–Kier alpha value is -1.89. The summed E-state index contributed by atoms with van der Waals surface area (Å²) in [6.07, 6.45) is 0. The number of imidazole rings is 1. The lowest BCUT2D eigenvalue weighted by atomic mass is 10.1. The van der Waals surface area contributed by atoms with Gasteiger partial charge < -0.3 is 9.88 Å². The zero-order valence-electron chi connectivity index (χ0n) is 13.5. The van der Waals surface area contributed by atoms with Crippen molar-refractivity contribution in [3.05, 3.63) is 30.1 Å². The Morgan fingerprint density at radius 2 is 1.91 bits per heavy atom. The van der Waals surface area contributed by atoms with Gasteiger partial charge in [-0.25, -0.2) is 13.4 Å². The molecule has 124 valence electrons. The van der Waals surface area contributed by atoms with Crippen molar-refractivity contribution in [2.24, 2.45) is 5.92 Å². The van der Waals surface area contributed by atoms with Crippen LogP contribution in [0.2, 0.25) is 0 Å². The van der Waals surface area contributed by atoms with Gasteiger partial charge in [-0.15, -0.1) is 0 Å². The first kappa shape index (κ1) is 16.0. The second-order valence-electron chi connectivity index (χ2n) is 6.43. The van der Waals surface area contributed by atoms with Crippen molar-refractivity contribution in [3.8, 4) is 0 Å². The number of aromatic nitrogens is 2. The topological polar surface area (TPSA) is 81.1 Å². The second-order valence-corrected chi connectivity index (χ2v) is 8.58. The van der Waals surface area contributed by atoms with Gasteiger partial charge in [0.1, 0.15) is 5.82 Å². The predicted octanol–water partition coefficient (Wildman–Crippen LogP) is 1.84. The fraction of sp³-hybridized carbons (Fsp3) is 0.500. The lowest BCUT2D eigenvalue weighted by Crippen LogP contribution is -2.47. The van der Waals surface area contributed by atoms with Crippen LogP contribution in [-0.2, 0) is 14.6 Å². The Kier molecular flexibility index (Phi) is 3.91. The number of sulfone groups is 1. The number of carbonyl (C=O) groups is 1. The molecule has 1 atom stereocenters. The van der Waals surface area contributed by atoms with E-state index in [0.717, 1.165) is 16.9 Å². The number of carbonyl (C=O) groups excluding carboxylic acids is 1. The molecule has 0 aliphatic carbocycles. The minimum absolute atomic E-state index is 0.0495. The van der Waals surface area contributed by atoms with Crippen LogP contribution in [0.15, 0.2) is 24.3 Å². The van der Waals surface area contributed by atoms with Gasteiger partial charge in [-0.1, -0.05) is 12.1 Å². The summed E-state index contributed by atoms with van der Waals surface area (Å²) >= 11 is 0. The van der Waals surface area contributed by atoms with Gasteiger partial charge >= 0.3 is 0 Å². The summed E-state index contributed by atoms with van der Waals surface area (Å²) in [7, 11) is -3.00. The number of benzene rings is 1. The van der Waals surface area contributed by atoms with E-state index >= 15 is 0 Å². The second kappa shape index (κ2) is 5.63. The summed E-state index contributed by atoms with van der Waals surface area (Å²) in [4.78, 5) is 16.8. The van der Waals surface area contributed by atoms with Crippen LogP contribution in [0, 0.1) is 5.92 Å². The molecule has 1 aliphatic rings. The van der Waals surface area contributed by atoms with Crippen LogP contribution < -0.4 is 5.32 Å². The molecule has 0 radical (unpaired) electrons. The number of fused-ring (bicyclic) bond motifs is 1. The largest absolute Gasteiger partial charge is 0.346 e. The molecule has 0 saturated carbocycles. The number of rotatable bonds is 4. The number of hydrogen-bond donors (Lipinski definition) is 1. The molecular formula is C16H21N3O3S. The van der Waals surface area contributed by atoms with E-state index in [1.807, 2.05) is 31.2 Å². The number of amides is 1. The lowest BCUT2D eigenvalue weighted by molar-refractivity contribution is -0.124. The van der Waals surface area contributed by atoms with E-state index in [4.69, 9.17) is 0 Å². The third-order valence-electron chi connectivity index (χ3n) is 4.17. The van der Waals surface area contributed by atoms with Crippen molar-refractivity contribution in [1.82, 2.24) is 14.9 Å². The van der Waals surface area contributed by atoms with Crippen LogP contribution >= 0.6 is 0 Å². The normalized spacial score (nSPS) is 18.8. The SMILES string of the molecule is CC(C)n1c([C@H](C)NC(=O)C2CS(=O)(=O)C2)nc2ccccc21. The summed E-state index contributed by atoms with van der Waals surface area (Å²) in [5, 5.41) is 2.91. The minimum atomic E-state index is -3.00. The quantitative estimate of drug-likeness (QED) is 0.924. The van der Waals surface area contributed by atoms with Gasteiger partial charge in [0.2, 0.25) is 5.91 Å². The van der Waals surface area contributed by atoms with Gasteiger partial charge in [0, 0.05) is 6.04 Å². The van der Waals surface area contributed by atoms with E-state index < -0.39 is 15.8 Å². The van der Waals surface area contributed by atoms with Crippen LogP contribution in [0.3, 0.4) is 0 Å². The molecule has 2 aromatic rings. The van der Waals surface area contributed by atoms with Crippen molar-refractivity contribution >= 4 is 26.8 Å². The van der Waals surface area contributed by atoms with Gasteiger partial charge in [0.15, 0.2) is 9.84 Å². The minimum Gasteiger partial charge on any atom is -0.346 e. The Morgan fingerprint density at radius 1 is 1.26 bits per heavy atom. The third kappa shape index (κ3) is 2.97. The van der Waals surface area contributed by atoms with Crippen molar-refractivity contribution in [2.45, 2.75) is 32.9 Å². The van der Waals surface area contributed by atoms with Crippen molar-refractivity contribution in [3.63, 3.8) is 0 Å². The van der Waals surface area contributed by atoms with Crippen LogP contribution in [-0.4, -0.2) is 35.4 Å². The Labute approximate surface area is 135 Å². The van der Waals surface area contributed by atoms with E-state index in [1.165, 1.54) is 0 Å². The Bertz CT molecular complexity index is 843. The van der Waals surface area contributed by atoms with Crippen LogP contribution in [0.1, 0.15) is 38.7 Å². The third-order valence-corrected chi connectivity index (χ3v) is 5.99. The highest BCUT2D eigenvalue weighted by atomic mass is 32.2. The molecule has 1 fully saturated rings. The molecule has 2 heterocycles. The van der Waals surface area contributed by atoms with Crippen molar-refractivity contribution < 1.29 is 13.2 Å². The molecule has 0 bridgehead atoms. The van der Waals surface area contributed by atoms with Gasteiger partial charge in [-0.2, -0.15) is 0 Å². The molecule has 7 heteroatoms. The number of nitrogens with one attached hydrogen (secondary N) is 1. The maximum Gasteiger partial charge on any atom is 0.225 e. The molecule has 1 N–H and O–H groups in total. The van der Waals surface area contributed by atoms with Crippen LogP contribution in [0.25, 0.3) is 11.0 Å². The summed E-state index contributed by atoms with van der Waals surface area (Å²) in [6, 6.07) is 7.80. The molecule has 6 nitrogen and oxygen atoms in total. The highest BCUT2D eigenvalue weighted by Gasteiger charge is 2.39. The first-order valence-electron chi connectivity index (χ1n) is 7.76. The van der Waals surface area contributed by atoms with E-state index in [2.05, 4.69) is 28.7 Å². The highest BCUT2D eigenvalue weighted by molar-refractivity contribution is 7.92. The Balaban J connectivity index is 1.85. The first-order chi connectivity index (χ1) is 10.8. The van der Waals surface area contributed by atoms with E-state index in [9.17, 15) is 13.2 Å². The molecule has 1 amide bonds. The molecule has 3 rings (SSSR count). The van der Waals surface area contributed by atoms with Gasteiger partial charge in [0.05, 0.1) is 34.5 Å². The van der Waals surface area contributed by atoms with E-state index in [-0.39, 0.29) is 29.5 Å². The summed E-state index contributed by atoms with van der Waals surface area (Å²) < 4.78 is 24.6. The number of nitrogens with zero attached hydrogens (tertiary/aromatic N) is 2. The molecule has 1 aliphatic heterocycles. The predicted molar refractivity (Wildman–Crippen MR) is 88.8 cm³/mol. The fourth-order valence-electron chi connectivity index (χ4n) is 3.02. The van der Waals surface area contributed by atoms with Crippen LogP contribution in [0.4, 0.5) is 0 Å². The van der Waals surface area contributed by atoms with E-state index in [0.29, 0.717) is 0 Å². The average Bonchev–Trinajstić information content (AvgIpc) is 2.84. The maximum absolute atomic E-state index is 12.2. The smallest absolute Gasteiger partial charge is 0.225 e. The molecule has 0 unspecified atom stereocenters.